The van der Waals surface area contributed by atoms with Crippen molar-refractivity contribution in [2.45, 2.75) is 26.7 Å². The number of hydrogen-bond acceptors (Lipinski definition) is 5. The molecule has 0 bridgehead atoms. The summed E-state index contributed by atoms with van der Waals surface area (Å²) in [5.41, 5.74) is 0.471. The van der Waals surface area contributed by atoms with Crippen LogP contribution in [0.1, 0.15) is 37.0 Å². The van der Waals surface area contributed by atoms with E-state index in [0.717, 1.165) is 32.5 Å². The van der Waals surface area contributed by atoms with Crippen LogP contribution in [0.2, 0.25) is 0 Å². The van der Waals surface area contributed by atoms with Gasteiger partial charge in [0.2, 0.25) is 5.88 Å². The molecule has 2 aromatic rings. The molecule has 1 aliphatic rings. The second-order valence-corrected chi connectivity index (χ2v) is 6.83. The number of likely N-dealkylation sites (N-methyl/N-ethyl adjacent to an activating group) is 1. The summed E-state index contributed by atoms with van der Waals surface area (Å²) in [5.74, 6) is 1.48. The van der Waals surface area contributed by atoms with E-state index in [4.69, 9.17) is 9.47 Å². The predicted octanol–water partition coefficient (Wildman–Crippen LogP) is 3.83. The average Bonchev–Trinajstić information content (AvgIpc) is 2.73. The van der Waals surface area contributed by atoms with Gasteiger partial charge in [0.1, 0.15) is 12.2 Å². The Bertz CT molecular complexity index is 781. The lowest BCUT2D eigenvalue weighted by atomic mass is 10.2. The molecule has 2 heterocycles. The predicted molar refractivity (Wildman–Crippen MR) is 109 cm³/mol. The average molecular weight is 383 g/mol. The van der Waals surface area contributed by atoms with Crippen molar-refractivity contribution in [1.82, 2.24) is 14.8 Å². The molecule has 6 heteroatoms. The highest BCUT2D eigenvalue weighted by Gasteiger charge is 2.22. The van der Waals surface area contributed by atoms with E-state index in [2.05, 4.69) is 16.8 Å². The maximum Gasteiger partial charge on any atom is 0.259 e. The van der Waals surface area contributed by atoms with Crippen LogP contribution in [0.15, 0.2) is 42.6 Å². The van der Waals surface area contributed by atoms with Gasteiger partial charge in [-0.15, -0.1) is 0 Å². The van der Waals surface area contributed by atoms with E-state index in [1.54, 1.807) is 18.3 Å². The lowest BCUT2D eigenvalue weighted by Gasteiger charge is -2.27. The fourth-order valence-electron chi connectivity index (χ4n) is 3.23. The molecule has 1 aromatic heterocycles. The molecule has 1 aliphatic heterocycles. The minimum atomic E-state index is -0.0568. The molecule has 0 unspecified atom stereocenters. The Hall–Kier alpha value is -2.60. The quantitative estimate of drug-likeness (QED) is 0.803. The summed E-state index contributed by atoms with van der Waals surface area (Å²) in [5, 5.41) is 0. The van der Waals surface area contributed by atoms with Gasteiger partial charge in [-0.2, -0.15) is 0 Å². The minimum absolute atomic E-state index is 0.0568. The molecule has 0 spiro atoms. The third-order valence-electron chi connectivity index (χ3n) is 4.91. The highest BCUT2D eigenvalue weighted by Crippen LogP contribution is 2.32. The number of aromatic nitrogens is 1. The third-order valence-corrected chi connectivity index (χ3v) is 4.91. The van der Waals surface area contributed by atoms with Crippen LogP contribution in [-0.2, 0) is 0 Å². The van der Waals surface area contributed by atoms with Crippen molar-refractivity contribution in [3.05, 3.63) is 48.2 Å². The second-order valence-electron chi connectivity index (χ2n) is 6.83. The van der Waals surface area contributed by atoms with Crippen LogP contribution in [0.25, 0.3) is 0 Å². The van der Waals surface area contributed by atoms with Crippen LogP contribution < -0.4 is 9.47 Å². The third kappa shape index (κ3) is 5.01. The normalized spacial score (nSPS) is 15.9. The molecule has 150 valence electrons. The number of carbonyl (C=O) groups is 1. The van der Waals surface area contributed by atoms with Crippen LogP contribution >= 0.6 is 0 Å². The van der Waals surface area contributed by atoms with E-state index >= 15 is 0 Å². The van der Waals surface area contributed by atoms with Crippen LogP contribution in [0.4, 0.5) is 0 Å². The molecule has 0 saturated carbocycles. The lowest BCUT2D eigenvalue weighted by Crippen LogP contribution is -2.40. The molecule has 1 aromatic carbocycles. The molecular formula is C22H29N3O3. The number of carbonyl (C=O) groups excluding carboxylic acids is 1. The summed E-state index contributed by atoms with van der Waals surface area (Å²) in [7, 11) is 0. The second kappa shape index (κ2) is 10.1. The van der Waals surface area contributed by atoms with Crippen molar-refractivity contribution in [3.63, 3.8) is 0 Å². The number of hydrogen-bond donors (Lipinski definition) is 0. The van der Waals surface area contributed by atoms with Crippen LogP contribution in [-0.4, -0.2) is 60.0 Å². The Morgan fingerprint density at radius 1 is 1.04 bits per heavy atom. The standard InChI is InChI=1S/C22H29N3O3/c1-3-5-13-24-14-15-25(4-2)22(26)18-9-8-12-23-21(18)28-20-11-7-6-10-19(20)27-17-16-24/h6-12H,3-5,13-17H2,1-2H3. The van der Waals surface area contributed by atoms with Crippen molar-refractivity contribution in [3.8, 4) is 17.4 Å². The van der Waals surface area contributed by atoms with Crippen LogP contribution in [0.5, 0.6) is 17.4 Å². The van der Waals surface area contributed by atoms with Gasteiger partial charge in [0.25, 0.3) is 5.91 Å². The van der Waals surface area contributed by atoms with E-state index in [0.29, 0.717) is 42.6 Å². The molecule has 6 nitrogen and oxygen atoms in total. The number of amides is 1. The van der Waals surface area contributed by atoms with Crippen molar-refractivity contribution in [2.24, 2.45) is 0 Å². The maximum absolute atomic E-state index is 13.2. The Labute approximate surface area is 167 Å². The van der Waals surface area contributed by atoms with Gasteiger partial charge in [0.05, 0.1) is 0 Å². The fourth-order valence-corrected chi connectivity index (χ4v) is 3.23. The van der Waals surface area contributed by atoms with Gasteiger partial charge in [0.15, 0.2) is 11.5 Å². The molecule has 28 heavy (non-hydrogen) atoms. The zero-order chi connectivity index (χ0) is 19.8. The topological polar surface area (TPSA) is 54.9 Å². The first-order chi connectivity index (χ1) is 13.7. The summed E-state index contributed by atoms with van der Waals surface area (Å²) in [6.45, 7) is 8.70. The summed E-state index contributed by atoms with van der Waals surface area (Å²) < 4.78 is 12.0. The summed E-state index contributed by atoms with van der Waals surface area (Å²) in [4.78, 5) is 21.7. The molecule has 0 radical (unpaired) electrons. The SMILES string of the molecule is CCCCN1CCOc2ccccc2Oc2ncccc2C(=O)N(CC)CC1. The van der Waals surface area contributed by atoms with E-state index < -0.39 is 0 Å². The molecule has 0 atom stereocenters. The van der Waals surface area contributed by atoms with Crippen molar-refractivity contribution < 1.29 is 14.3 Å². The summed E-state index contributed by atoms with van der Waals surface area (Å²) in [6.07, 6.45) is 3.91. The number of ether oxygens (including phenoxy) is 2. The highest BCUT2D eigenvalue weighted by atomic mass is 16.5. The maximum atomic E-state index is 13.2. The van der Waals surface area contributed by atoms with E-state index in [1.807, 2.05) is 36.1 Å². The summed E-state index contributed by atoms with van der Waals surface area (Å²) >= 11 is 0. The Morgan fingerprint density at radius 3 is 2.64 bits per heavy atom. The van der Waals surface area contributed by atoms with E-state index in [9.17, 15) is 4.79 Å². The molecule has 0 saturated heterocycles. The molecular weight excluding hydrogens is 354 g/mol. The van der Waals surface area contributed by atoms with E-state index in [-0.39, 0.29) is 5.91 Å². The molecule has 0 aliphatic carbocycles. The fraction of sp³-hybridized carbons (Fsp3) is 0.455. The summed E-state index contributed by atoms with van der Waals surface area (Å²) in [6, 6.07) is 11.1. The first kappa shape index (κ1) is 20.1. The minimum Gasteiger partial charge on any atom is -0.488 e. The smallest absolute Gasteiger partial charge is 0.259 e. The molecule has 0 fully saturated rings. The van der Waals surface area contributed by atoms with Crippen molar-refractivity contribution in [1.29, 1.82) is 0 Å². The number of para-hydroxylation sites is 2. The highest BCUT2D eigenvalue weighted by molar-refractivity contribution is 5.96. The van der Waals surface area contributed by atoms with Crippen LogP contribution in [0.3, 0.4) is 0 Å². The first-order valence-corrected chi connectivity index (χ1v) is 10.1. The van der Waals surface area contributed by atoms with E-state index in [1.165, 1.54) is 0 Å². The van der Waals surface area contributed by atoms with Gasteiger partial charge in [-0.1, -0.05) is 25.5 Å². The number of nitrogens with zero attached hydrogens (tertiary/aromatic N) is 3. The monoisotopic (exact) mass is 383 g/mol. The zero-order valence-electron chi connectivity index (χ0n) is 16.8. The van der Waals surface area contributed by atoms with Crippen molar-refractivity contribution in [2.75, 3.05) is 39.3 Å². The van der Waals surface area contributed by atoms with Gasteiger partial charge < -0.3 is 14.4 Å². The molecule has 1 amide bonds. The van der Waals surface area contributed by atoms with Gasteiger partial charge in [-0.05, 0) is 44.2 Å². The number of benzene rings is 1. The van der Waals surface area contributed by atoms with Gasteiger partial charge in [-0.3, -0.25) is 9.69 Å². The number of pyridine rings is 1. The number of rotatable bonds is 4. The Balaban J connectivity index is 1.93. The van der Waals surface area contributed by atoms with Crippen molar-refractivity contribution >= 4 is 5.91 Å². The molecule has 3 rings (SSSR count). The van der Waals surface area contributed by atoms with Gasteiger partial charge in [0, 0.05) is 32.4 Å². The lowest BCUT2D eigenvalue weighted by molar-refractivity contribution is 0.0738. The molecule has 0 N–H and O–H groups in total. The largest absolute Gasteiger partial charge is 0.488 e. The van der Waals surface area contributed by atoms with Crippen LogP contribution in [0, 0.1) is 0 Å². The zero-order valence-corrected chi connectivity index (χ0v) is 16.8. The van der Waals surface area contributed by atoms with Gasteiger partial charge in [-0.25, -0.2) is 4.98 Å². The Kier molecular flexibility index (Phi) is 7.25. The number of unbranched alkanes of at least 4 members (excludes halogenated alkanes) is 1. The number of fused-ring (bicyclic) bond motifs is 2. The van der Waals surface area contributed by atoms with Gasteiger partial charge >= 0.3 is 0 Å². The first-order valence-electron chi connectivity index (χ1n) is 10.1. The Morgan fingerprint density at radius 2 is 1.86 bits per heavy atom.